The first-order valence-corrected chi connectivity index (χ1v) is 7.92. The summed E-state index contributed by atoms with van der Waals surface area (Å²) >= 11 is 0. The molecular formula is C18H27NO4. The molecule has 0 aliphatic heterocycles. The summed E-state index contributed by atoms with van der Waals surface area (Å²) in [5.41, 5.74) is 1.04. The van der Waals surface area contributed by atoms with Gasteiger partial charge in [-0.2, -0.15) is 0 Å². The fraction of sp³-hybridized carbons (Fsp3) is 0.556. The molecule has 0 spiro atoms. The first-order valence-electron chi connectivity index (χ1n) is 7.92. The van der Waals surface area contributed by atoms with Gasteiger partial charge in [0.05, 0.1) is 0 Å². The molecule has 5 nitrogen and oxygen atoms in total. The van der Waals surface area contributed by atoms with Gasteiger partial charge in [0.1, 0.15) is 0 Å². The van der Waals surface area contributed by atoms with Crippen molar-refractivity contribution >= 4 is 11.7 Å². The SMILES string of the molecule is CC(C)(C)C(=O)NCc1ccc(C(=O)C(CCO)CCO)cc1. The van der Waals surface area contributed by atoms with Gasteiger partial charge in [0.25, 0.3) is 0 Å². The minimum Gasteiger partial charge on any atom is -0.396 e. The van der Waals surface area contributed by atoms with E-state index in [0.717, 1.165) is 5.56 Å². The van der Waals surface area contributed by atoms with Crippen LogP contribution in [0.4, 0.5) is 0 Å². The Bertz CT molecular complexity index is 511. The number of carbonyl (C=O) groups excluding carboxylic acids is 2. The minimum absolute atomic E-state index is 0.0244. The third kappa shape index (κ3) is 6.12. The second-order valence-corrected chi connectivity index (χ2v) is 6.72. The molecule has 0 aliphatic rings. The summed E-state index contributed by atoms with van der Waals surface area (Å²) in [5.74, 6) is -0.460. The average Bonchev–Trinajstić information content (AvgIpc) is 2.51. The monoisotopic (exact) mass is 321 g/mol. The molecule has 1 rings (SSSR count). The van der Waals surface area contributed by atoms with E-state index in [0.29, 0.717) is 24.9 Å². The lowest BCUT2D eigenvalue weighted by atomic mass is 9.92. The van der Waals surface area contributed by atoms with Gasteiger partial charge in [0.15, 0.2) is 5.78 Å². The minimum atomic E-state index is -0.433. The number of rotatable bonds is 8. The summed E-state index contributed by atoms with van der Waals surface area (Å²) in [7, 11) is 0. The van der Waals surface area contributed by atoms with Gasteiger partial charge in [0, 0.05) is 36.7 Å². The molecular weight excluding hydrogens is 294 g/mol. The highest BCUT2D eigenvalue weighted by Crippen LogP contribution is 2.17. The van der Waals surface area contributed by atoms with Crippen molar-refractivity contribution in [2.45, 2.75) is 40.2 Å². The Balaban J connectivity index is 2.68. The summed E-state index contributed by atoms with van der Waals surface area (Å²) in [6.07, 6.45) is 0.700. The number of benzene rings is 1. The van der Waals surface area contributed by atoms with Crippen LogP contribution in [-0.2, 0) is 11.3 Å². The molecule has 23 heavy (non-hydrogen) atoms. The third-order valence-electron chi connectivity index (χ3n) is 3.70. The number of carbonyl (C=O) groups is 2. The fourth-order valence-corrected chi connectivity index (χ4v) is 2.19. The Morgan fingerprint density at radius 2 is 1.57 bits per heavy atom. The largest absolute Gasteiger partial charge is 0.396 e. The van der Waals surface area contributed by atoms with E-state index in [2.05, 4.69) is 5.32 Å². The Morgan fingerprint density at radius 3 is 2.00 bits per heavy atom. The van der Waals surface area contributed by atoms with Crippen LogP contribution in [0.25, 0.3) is 0 Å². The van der Waals surface area contributed by atoms with Crippen LogP contribution in [-0.4, -0.2) is 35.1 Å². The van der Waals surface area contributed by atoms with Crippen LogP contribution < -0.4 is 5.32 Å². The van der Waals surface area contributed by atoms with Crippen molar-refractivity contribution in [2.75, 3.05) is 13.2 Å². The zero-order valence-corrected chi connectivity index (χ0v) is 14.1. The second-order valence-electron chi connectivity index (χ2n) is 6.72. The van der Waals surface area contributed by atoms with Crippen molar-refractivity contribution in [2.24, 2.45) is 11.3 Å². The molecule has 0 fully saturated rings. The third-order valence-corrected chi connectivity index (χ3v) is 3.70. The van der Waals surface area contributed by atoms with Crippen LogP contribution in [0.1, 0.15) is 49.5 Å². The molecule has 0 heterocycles. The zero-order chi connectivity index (χ0) is 17.5. The van der Waals surface area contributed by atoms with E-state index in [-0.39, 0.29) is 30.8 Å². The first-order chi connectivity index (χ1) is 10.8. The highest BCUT2D eigenvalue weighted by Gasteiger charge is 2.21. The Labute approximate surface area is 137 Å². The van der Waals surface area contributed by atoms with Crippen LogP contribution in [0.5, 0.6) is 0 Å². The highest BCUT2D eigenvalue weighted by molar-refractivity contribution is 5.97. The quantitative estimate of drug-likeness (QED) is 0.638. The average molecular weight is 321 g/mol. The molecule has 0 aromatic heterocycles. The van der Waals surface area contributed by atoms with E-state index in [4.69, 9.17) is 10.2 Å². The summed E-state index contributed by atoms with van der Waals surface area (Å²) in [6, 6.07) is 7.07. The van der Waals surface area contributed by atoms with E-state index in [1.54, 1.807) is 12.1 Å². The summed E-state index contributed by atoms with van der Waals surface area (Å²) < 4.78 is 0. The van der Waals surface area contributed by atoms with Crippen molar-refractivity contribution in [1.29, 1.82) is 0 Å². The van der Waals surface area contributed by atoms with Crippen molar-refractivity contribution in [3.8, 4) is 0 Å². The lowest BCUT2D eigenvalue weighted by Crippen LogP contribution is -2.34. The van der Waals surface area contributed by atoms with Gasteiger partial charge in [-0.3, -0.25) is 9.59 Å². The Kier molecular flexibility index (Phi) is 7.39. The second kappa shape index (κ2) is 8.79. The summed E-state index contributed by atoms with van der Waals surface area (Å²) in [4.78, 5) is 24.2. The maximum Gasteiger partial charge on any atom is 0.225 e. The molecule has 1 amide bonds. The number of hydrogen-bond donors (Lipinski definition) is 3. The van der Waals surface area contributed by atoms with E-state index in [1.807, 2.05) is 32.9 Å². The topological polar surface area (TPSA) is 86.6 Å². The number of hydrogen-bond acceptors (Lipinski definition) is 4. The van der Waals surface area contributed by atoms with Gasteiger partial charge in [0.2, 0.25) is 5.91 Å². The van der Waals surface area contributed by atoms with Crippen molar-refractivity contribution in [1.82, 2.24) is 5.32 Å². The summed E-state index contributed by atoms with van der Waals surface area (Å²) in [6.45, 7) is 5.83. The van der Waals surface area contributed by atoms with E-state index < -0.39 is 5.41 Å². The van der Waals surface area contributed by atoms with Crippen LogP contribution in [0.2, 0.25) is 0 Å². The van der Waals surface area contributed by atoms with Crippen LogP contribution >= 0.6 is 0 Å². The molecule has 5 heteroatoms. The number of Topliss-reactive ketones (excluding diaryl/α,β-unsaturated/α-hetero) is 1. The molecule has 0 atom stereocenters. The number of amides is 1. The normalized spacial score (nSPS) is 11.6. The van der Waals surface area contributed by atoms with Gasteiger partial charge >= 0.3 is 0 Å². The molecule has 0 saturated carbocycles. The highest BCUT2D eigenvalue weighted by atomic mass is 16.3. The number of ketones is 1. The lowest BCUT2D eigenvalue weighted by molar-refractivity contribution is -0.128. The first kappa shape index (κ1) is 19.3. The molecule has 1 aromatic carbocycles. The maximum absolute atomic E-state index is 12.3. The fourth-order valence-electron chi connectivity index (χ4n) is 2.19. The van der Waals surface area contributed by atoms with E-state index in [1.165, 1.54) is 0 Å². The molecule has 128 valence electrons. The van der Waals surface area contributed by atoms with Crippen LogP contribution in [0, 0.1) is 11.3 Å². The van der Waals surface area contributed by atoms with Gasteiger partial charge in [-0.05, 0) is 18.4 Å². The number of aliphatic hydroxyl groups is 2. The van der Waals surface area contributed by atoms with Gasteiger partial charge in [-0.1, -0.05) is 45.0 Å². The zero-order valence-electron chi connectivity index (χ0n) is 14.1. The van der Waals surface area contributed by atoms with Crippen LogP contribution in [0.15, 0.2) is 24.3 Å². The smallest absolute Gasteiger partial charge is 0.225 e. The molecule has 0 saturated heterocycles. The standard InChI is InChI=1S/C18H27NO4/c1-18(2,3)17(23)19-12-13-4-6-14(7-5-13)16(22)15(8-10-20)9-11-21/h4-7,15,20-21H,8-12H2,1-3H3,(H,19,23). The Hall–Kier alpha value is -1.72. The Morgan fingerprint density at radius 1 is 1.04 bits per heavy atom. The maximum atomic E-state index is 12.3. The van der Waals surface area contributed by atoms with E-state index >= 15 is 0 Å². The van der Waals surface area contributed by atoms with Crippen molar-refractivity contribution < 1.29 is 19.8 Å². The molecule has 0 unspecified atom stereocenters. The molecule has 3 N–H and O–H groups in total. The number of aliphatic hydroxyl groups excluding tert-OH is 2. The van der Waals surface area contributed by atoms with E-state index in [9.17, 15) is 9.59 Å². The lowest BCUT2D eigenvalue weighted by Gasteiger charge is -2.18. The molecule has 0 bridgehead atoms. The molecule has 1 aromatic rings. The van der Waals surface area contributed by atoms with Crippen LogP contribution in [0.3, 0.4) is 0 Å². The van der Waals surface area contributed by atoms with Gasteiger partial charge in [-0.25, -0.2) is 0 Å². The summed E-state index contributed by atoms with van der Waals surface area (Å²) in [5, 5.41) is 20.9. The molecule has 0 aliphatic carbocycles. The predicted molar refractivity (Wildman–Crippen MR) is 89.0 cm³/mol. The predicted octanol–water partition coefficient (Wildman–Crippen LogP) is 1.91. The molecule has 0 radical (unpaired) electrons. The van der Waals surface area contributed by atoms with Gasteiger partial charge < -0.3 is 15.5 Å². The number of nitrogens with one attached hydrogen (secondary N) is 1. The van der Waals surface area contributed by atoms with Gasteiger partial charge in [-0.15, -0.1) is 0 Å². The van der Waals surface area contributed by atoms with Crippen molar-refractivity contribution in [3.05, 3.63) is 35.4 Å². The van der Waals surface area contributed by atoms with Crippen molar-refractivity contribution in [3.63, 3.8) is 0 Å².